The van der Waals surface area contributed by atoms with E-state index in [9.17, 15) is 9.59 Å². The van der Waals surface area contributed by atoms with Gasteiger partial charge in [0.1, 0.15) is 6.54 Å². The molecule has 0 spiro atoms. The van der Waals surface area contributed by atoms with Crippen molar-refractivity contribution in [3.8, 4) is 0 Å². The van der Waals surface area contributed by atoms with E-state index in [4.69, 9.17) is 5.11 Å². The van der Waals surface area contributed by atoms with E-state index < -0.39 is 5.97 Å². The number of hydrogen-bond acceptors (Lipinski definition) is 4. The number of amides is 1. The average molecular weight is 317 g/mol. The molecule has 0 bridgehead atoms. The van der Waals surface area contributed by atoms with Crippen molar-refractivity contribution in [2.24, 2.45) is 11.8 Å². The van der Waals surface area contributed by atoms with Gasteiger partial charge in [-0.15, -0.1) is 0 Å². The van der Waals surface area contributed by atoms with Gasteiger partial charge in [0.05, 0.1) is 11.4 Å². The monoisotopic (exact) mass is 317 g/mol. The maximum atomic E-state index is 12.9. The Morgan fingerprint density at radius 2 is 2.17 bits per heavy atom. The number of carbonyl (C=O) groups excluding carboxylic acids is 1. The molecule has 0 aliphatic carbocycles. The van der Waals surface area contributed by atoms with E-state index >= 15 is 0 Å². The molecule has 124 valence electrons. The molecule has 6 nitrogen and oxygen atoms in total. The SMILES string of the molecule is CC1c2ncccc2N(CC(=O)O)C(=O)C1CC1CCNCC1. The first-order valence-electron chi connectivity index (χ1n) is 8.26. The van der Waals surface area contributed by atoms with Gasteiger partial charge >= 0.3 is 5.97 Å². The normalized spacial score (nSPS) is 25.3. The lowest BCUT2D eigenvalue weighted by Gasteiger charge is -2.38. The molecule has 0 radical (unpaired) electrons. The van der Waals surface area contributed by atoms with Gasteiger partial charge < -0.3 is 10.4 Å². The topological polar surface area (TPSA) is 82.5 Å². The van der Waals surface area contributed by atoms with Crippen LogP contribution in [0.4, 0.5) is 5.69 Å². The third-order valence-electron chi connectivity index (χ3n) is 5.06. The summed E-state index contributed by atoms with van der Waals surface area (Å²) in [7, 11) is 0. The first-order valence-corrected chi connectivity index (χ1v) is 8.26. The molecule has 1 fully saturated rings. The van der Waals surface area contributed by atoms with Crippen LogP contribution in [0.5, 0.6) is 0 Å². The molecule has 2 N–H and O–H groups in total. The van der Waals surface area contributed by atoms with Crippen molar-refractivity contribution >= 4 is 17.6 Å². The lowest BCUT2D eigenvalue weighted by molar-refractivity contribution is -0.137. The standard InChI is InChI=1S/C17H23N3O3/c1-11-13(9-12-4-7-18-8-5-12)17(23)20(10-15(21)22)14-3-2-6-19-16(11)14/h2-3,6,11-13,18H,4-5,7-10H2,1H3,(H,21,22). The van der Waals surface area contributed by atoms with E-state index in [0.29, 0.717) is 11.6 Å². The van der Waals surface area contributed by atoms with Crippen LogP contribution in [-0.4, -0.2) is 41.6 Å². The summed E-state index contributed by atoms with van der Waals surface area (Å²) < 4.78 is 0. The number of aromatic nitrogens is 1. The third kappa shape index (κ3) is 3.22. The second-order valence-electron chi connectivity index (χ2n) is 6.55. The van der Waals surface area contributed by atoms with Gasteiger partial charge in [0.2, 0.25) is 5.91 Å². The zero-order chi connectivity index (χ0) is 16.4. The van der Waals surface area contributed by atoms with Gasteiger partial charge in [-0.05, 0) is 50.4 Å². The first kappa shape index (κ1) is 15.9. The average Bonchev–Trinajstić information content (AvgIpc) is 2.56. The molecular formula is C17H23N3O3. The van der Waals surface area contributed by atoms with Crippen molar-refractivity contribution in [2.75, 3.05) is 24.5 Å². The quantitative estimate of drug-likeness (QED) is 0.882. The Hall–Kier alpha value is -1.95. The number of carboxylic acids is 1. The van der Waals surface area contributed by atoms with Crippen LogP contribution in [0.15, 0.2) is 18.3 Å². The Morgan fingerprint density at radius 3 is 2.87 bits per heavy atom. The van der Waals surface area contributed by atoms with Gasteiger partial charge in [-0.3, -0.25) is 19.5 Å². The minimum atomic E-state index is -0.997. The summed E-state index contributed by atoms with van der Waals surface area (Å²) in [5.41, 5.74) is 1.49. The highest BCUT2D eigenvalue weighted by atomic mass is 16.4. The summed E-state index contributed by atoms with van der Waals surface area (Å²) in [6.07, 6.45) is 4.68. The minimum Gasteiger partial charge on any atom is -0.480 e. The number of piperidine rings is 1. The number of fused-ring (bicyclic) bond motifs is 1. The summed E-state index contributed by atoms with van der Waals surface area (Å²) in [6, 6.07) is 3.54. The predicted octanol–water partition coefficient (Wildman–Crippen LogP) is 1.62. The molecule has 1 saturated heterocycles. The highest BCUT2D eigenvalue weighted by Gasteiger charge is 2.40. The third-order valence-corrected chi connectivity index (χ3v) is 5.06. The minimum absolute atomic E-state index is 0.0265. The maximum Gasteiger partial charge on any atom is 0.323 e. The number of nitrogens with zero attached hydrogens (tertiary/aromatic N) is 2. The van der Waals surface area contributed by atoms with Crippen LogP contribution in [-0.2, 0) is 9.59 Å². The lowest BCUT2D eigenvalue weighted by atomic mass is 9.77. The van der Waals surface area contributed by atoms with E-state index in [1.54, 1.807) is 18.3 Å². The highest BCUT2D eigenvalue weighted by molar-refractivity contribution is 6.01. The van der Waals surface area contributed by atoms with Crippen molar-refractivity contribution in [1.29, 1.82) is 0 Å². The number of anilines is 1. The maximum absolute atomic E-state index is 12.9. The van der Waals surface area contributed by atoms with Crippen molar-refractivity contribution in [1.82, 2.24) is 10.3 Å². The van der Waals surface area contributed by atoms with Gasteiger partial charge in [-0.2, -0.15) is 0 Å². The second kappa shape index (κ2) is 6.66. The van der Waals surface area contributed by atoms with Crippen LogP contribution in [0, 0.1) is 11.8 Å². The van der Waals surface area contributed by atoms with E-state index in [-0.39, 0.29) is 24.3 Å². The van der Waals surface area contributed by atoms with Crippen LogP contribution in [0.2, 0.25) is 0 Å². The largest absolute Gasteiger partial charge is 0.480 e. The number of nitrogens with one attached hydrogen (secondary N) is 1. The van der Waals surface area contributed by atoms with E-state index in [1.807, 2.05) is 6.92 Å². The molecule has 23 heavy (non-hydrogen) atoms. The molecule has 1 aromatic heterocycles. The summed E-state index contributed by atoms with van der Waals surface area (Å²) in [6.45, 7) is 3.72. The van der Waals surface area contributed by atoms with Crippen LogP contribution in [0.3, 0.4) is 0 Å². The number of rotatable bonds is 4. The molecule has 0 saturated carbocycles. The molecule has 2 aliphatic heterocycles. The number of aliphatic carboxylic acids is 1. The number of carboxylic acid groups (broad SMARTS) is 1. The van der Waals surface area contributed by atoms with Crippen molar-refractivity contribution in [2.45, 2.75) is 32.1 Å². The van der Waals surface area contributed by atoms with Crippen LogP contribution in [0.1, 0.15) is 37.8 Å². The fourth-order valence-corrected chi connectivity index (χ4v) is 3.79. The number of pyridine rings is 1. The lowest BCUT2D eigenvalue weighted by Crippen LogP contribution is -2.46. The van der Waals surface area contributed by atoms with Crippen molar-refractivity contribution < 1.29 is 14.7 Å². The predicted molar refractivity (Wildman–Crippen MR) is 86.3 cm³/mol. The molecule has 1 amide bonds. The highest BCUT2D eigenvalue weighted by Crippen LogP contribution is 2.41. The van der Waals surface area contributed by atoms with Gasteiger partial charge in [0.15, 0.2) is 0 Å². The van der Waals surface area contributed by atoms with E-state index in [1.165, 1.54) is 4.90 Å². The molecule has 3 heterocycles. The summed E-state index contributed by atoms with van der Waals surface area (Å²) >= 11 is 0. The fourth-order valence-electron chi connectivity index (χ4n) is 3.79. The second-order valence-corrected chi connectivity index (χ2v) is 6.55. The fraction of sp³-hybridized carbons (Fsp3) is 0.588. The van der Waals surface area contributed by atoms with Gasteiger partial charge in [-0.25, -0.2) is 0 Å². The Balaban J connectivity index is 1.88. The van der Waals surface area contributed by atoms with Crippen LogP contribution < -0.4 is 10.2 Å². The summed E-state index contributed by atoms with van der Waals surface area (Å²) in [5.74, 6) is -0.703. The van der Waals surface area contributed by atoms with Crippen molar-refractivity contribution in [3.63, 3.8) is 0 Å². The number of carbonyl (C=O) groups is 2. The first-order chi connectivity index (χ1) is 11.1. The molecular weight excluding hydrogens is 294 g/mol. The van der Waals surface area contributed by atoms with Gasteiger partial charge in [0.25, 0.3) is 0 Å². The van der Waals surface area contributed by atoms with Gasteiger partial charge in [-0.1, -0.05) is 6.92 Å². The Labute approximate surface area is 135 Å². The van der Waals surface area contributed by atoms with Crippen LogP contribution >= 0.6 is 0 Å². The Kier molecular flexibility index (Phi) is 4.61. The number of hydrogen-bond donors (Lipinski definition) is 2. The zero-order valence-corrected chi connectivity index (χ0v) is 13.4. The van der Waals surface area contributed by atoms with E-state index in [0.717, 1.165) is 38.0 Å². The zero-order valence-electron chi connectivity index (χ0n) is 13.4. The van der Waals surface area contributed by atoms with E-state index in [2.05, 4.69) is 10.3 Å². The van der Waals surface area contributed by atoms with Gasteiger partial charge in [0, 0.05) is 18.0 Å². The molecule has 2 unspecified atom stereocenters. The molecule has 2 aliphatic rings. The Morgan fingerprint density at radius 1 is 1.43 bits per heavy atom. The summed E-state index contributed by atoms with van der Waals surface area (Å²) in [5, 5.41) is 12.5. The molecule has 2 atom stereocenters. The molecule has 6 heteroatoms. The van der Waals surface area contributed by atoms with Crippen LogP contribution in [0.25, 0.3) is 0 Å². The molecule has 3 rings (SSSR count). The smallest absolute Gasteiger partial charge is 0.323 e. The Bertz CT molecular complexity index is 599. The summed E-state index contributed by atoms with van der Waals surface area (Å²) in [4.78, 5) is 29.9. The van der Waals surface area contributed by atoms with Crippen molar-refractivity contribution in [3.05, 3.63) is 24.0 Å². The molecule has 1 aromatic rings. The molecule has 0 aromatic carbocycles.